The number of likely N-dealkylation sites (tertiary alicyclic amines) is 1. The molecule has 2 aliphatic rings. The standard InChI is InChI=1S/C30H38N4O3/c1-36-28-15-14-24(19-29(28)37-2)30(35)33(25-11-6-12-26(20-25)34-18-8-16-31-34)22-27-13-7-17-32(27)21-23-9-4-3-5-10-23/h6,8,11-12,14-16,18-20,23,27H,3-5,7,9-10,13,17,21-22H2,1-2H3. The van der Waals surface area contributed by atoms with E-state index in [0.717, 1.165) is 36.8 Å². The summed E-state index contributed by atoms with van der Waals surface area (Å²) in [5.41, 5.74) is 2.38. The molecule has 2 fully saturated rings. The maximum absolute atomic E-state index is 14.1. The van der Waals surface area contributed by atoms with E-state index in [-0.39, 0.29) is 5.91 Å². The number of carbonyl (C=O) groups is 1. The maximum atomic E-state index is 14.1. The molecule has 0 bridgehead atoms. The van der Waals surface area contributed by atoms with Gasteiger partial charge in [-0.2, -0.15) is 5.10 Å². The topological polar surface area (TPSA) is 59.8 Å². The molecular weight excluding hydrogens is 464 g/mol. The van der Waals surface area contributed by atoms with Crippen molar-refractivity contribution in [2.24, 2.45) is 5.92 Å². The van der Waals surface area contributed by atoms with Crippen molar-refractivity contribution < 1.29 is 14.3 Å². The fourth-order valence-corrected chi connectivity index (χ4v) is 5.91. The van der Waals surface area contributed by atoms with Gasteiger partial charge in [0.1, 0.15) is 0 Å². The van der Waals surface area contributed by atoms with E-state index < -0.39 is 0 Å². The number of benzene rings is 2. The summed E-state index contributed by atoms with van der Waals surface area (Å²) in [6, 6.07) is 15.7. The highest BCUT2D eigenvalue weighted by Crippen LogP contribution is 2.32. The highest BCUT2D eigenvalue weighted by Gasteiger charge is 2.31. The van der Waals surface area contributed by atoms with Crippen LogP contribution in [0.3, 0.4) is 0 Å². The number of aromatic nitrogens is 2. The van der Waals surface area contributed by atoms with Gasteiger partial charge in [-0.05, 0) is 80.6 Å². The Labute approximate surface area is 220 Å². The van der Waals surface area contributed by atoms with E-state index in [9.17, 15) is 4.79 Å². The molecule has 1 atom stereocenters. The van der Waals surface area contributed by atoms with Gasteiger partial charge in [-0.25, -0.2) is 4.68 Å². The van der Waals surface area contributed by atoms with Crippen LogP contribution < -0.4 is 14.4 Å². The lowest BCUT2D eigenvalue weighted by Crippen LogP contribution is -2.45. The molecule has 1 aliphatic heterocycles. The van der Waals surface area contributed by atoms with Gasteiger partial charge < -0.3 is 14.4 Å². The quantitative estimate of drug-likeness (QED) is 0.382. The van der Waals surface area contributed by atoms with Crippen LogP contribution in [0, 0.1) is 5.92 Å². The lowest BCUT2D eigenvalue weighted by Gasteiger charge is -2.34. The monoisotopic (exact) mass is 502 g/mol. The molecule has 3 aromatic rings. The molecule has 0 spiro atoms. The van der Waals surface area contributed by atoms with E-state index in [1.165, 1.54) is 38.5 Å². The Morgan fingerprint density at radius 1 is 0.973 bits per heavy atom. The molecule has 1 saturated heterocycles. The first-order chi connectivity index (χ1) is 18.2. The number of hydrogen-bond donors (Lipinski definition) is 0. The summed E-state index contributed by atoms with van der Waals surface area (Å²) in [4.78, 5) is 18.7. The molecule has 2 heterocycles. The molecule has 1 aliphatic carbocycles. The van der Waals surface area contributed by atoms with Crippen molar-refractivity contribution in [2.45, 2.75) is 51.0 Å². The van der Waals surface area contributed by atoms with Gasteiger partial charge in [0.2, 0.25) is 0 Å². The molecule has 5 rings (SSSR count). The van der Waals surface area contributed by atoms with Gasteiger partial charge in [0.25, 0.3) is 5.91 Å². The Bertz CT molecular complexity index is 1170. The Hall–Kier alpha value is -3.32. The second-order valence-electron chi connectivity index (χ2n) is 10.3. The minimum Gasteiger partial charge on any atom is -0.493 e. The van der Waals surface area contributed by atoms with E-state index in [0.29, 0.717) is 29.6 Å². The average molecular weight is 503 g/mol. The van der Waals surface area contributed by atoms with Crippen molar-refractivity contribution in [3.8, 4) is 17.2 Å². The molecule has 196 valence electrons. The third kappa shape index (κ3) is 5.82. The van der Waals surface area contributed by atoms with Crippen LogP contribution >= 0.6 is 0 Å². The maximum Gasteiger partial charge on any atom is 0.258 e. The fraction of sp³-hybridized carbons (Fsp3) is 0.467. The summed E-state index contributed by atoms with van der Waals surface area (Å²) in [6.45, 7) is 2.92. The average Bonchev–Trinajstić information content (AvgIpc) is 3.64. The highest BCUT2D eigenvalue weighted by atomic mass is 16.5. The molecular formula is C30H38N4O3. The molecule has 0 N–H and O–H groups in total. The number of methoxy groups -OCH3 is 2. The number of anilines is 1. The number of rotatable bonds is 9. The number of amides is 1. The van der Waals surface area contributed by atoms with Crippen LogP contribution in [0.15, 0.2) is 60.9 Å². The Kier molecular flexibility index (Phi) is 8.09. The van der Waals surface area contributed by atoms with Gasteiger partial charge in [0.15, 0.2) is 11.5 Å². The summed E-state index contributed by atoms with van der Waals surface area (Å²) in [7, 11) is 3.20. The first-order valence-corrected chi connectivity index (χ1v) is 13.5. The van der Waals surface area contributed by atoms with Crippen LogP contribution in [0.5, 0.6) is 11.5 Å². The van der Waals surface area contributed by atoms with Crippen LogP contribution in [-0.2, 0) is 0 Å². The van der Waals surface area contributed by atoms with E-state index in [1.807, 2.05) is 52.2 Å². The minimum atomic E-state index is -0.0388. The normalized spacial score (nSPS) is 18.6. The van der Waals surface area contributed by atoms with E-state index in [1.54, 1.807) is 32.5 Å². The van der Waals surface area contributed by atoms with Crippen molar-refractivity contribution in [3.05, 3.63) is 66.5 Å². The lowest BCUT2D eigenvalue weighted by molar-refractivity contribution is 0.0975. The van der Waals surface area contributed by atoms with Gasteiger partial charge in [-0.3, -0.25) is 9.69 Å². The molecule has 37 heavy (non-hydrogen) atoms. The SMILES string of the molecule is COc1ccc(C(=O)N(CC2CCCN2CC2CCCCC2)c2cccc(-n3cccn3)c2)cc1OC. The Morgan fingerprint density at radius 3 is 2.57 bits per heavy atom. The van der Waals surface area contributed by atoms with Crippen LogP contribution in [-0.4, -0.2) is 60.5 Å². The van der Waals surface area contributed by atoms with Crippen molar-refractivity contribution >= 4 is 11.6 Å². The Morgan fingerprint density at radius 2 is 1.81 bits per heavy atom. The molecule has 7 heteroatoms. The zero-order valence-electron chi connectivity index (χ0n) is 22.0. The summed E-state index contributed by atoms with van der Waals surface area (Å²) < 4.78 is 12.7. The molecule has 1 saturated carbocycles. The molecule has 2 aromatic carbocycles. The summed E-state index contributed by atoms with van der Waals surface area (Å²) in [5, 5.41) is 4.39. The second kappa shape index (κ2) is 11.8. The summed E-state index contributed by atoms with van der Waals surface area (Å²) >= 11 is 0. The van der Waals surface area contributed by atoms with Gasteiger partial charge in [0, 0.05) is 42.8 Å². The van der Waals surface area contributed by atoms with Crippen LogP contribution in [0.1, 0.15) is 55.3 Å². The smallest absolute Gasteiger partial charge is 0.258 e. The summed E-state index contributed by atoms with van der Waals surface area (Å²) in [5.74, 6) is 1.91. The van der Waals surface area contributed by atoms with E-state index in [4.69, 9.17) is 9.47 Å². The molecule has 1 amide bonds. The molecule has 1 unspecified atom stereocenters. The predicted octanol–water partition coefficient (Wildman–Crippen LogP) is 5.58. The van der Waals surface area contributed by atoms with Crippen molar-refractivity contribution in [2.75, 3.05) is 38.8 Å². The third-order valence-electron chi connectivity index (χ3n) is 7.90. The van der Waals surface area contributed by atoms with Gasteiger partial charge >= 0.3 is 0 Å². The predicted molar refractivity (Wildman–Crippen MR) is 146 cm³/mol. The largest absolute Gasteiger partial charge is 0.493 e. The van der Waals surface area contributed by atoms with Crippen LogP contribution in [0.4, 0.5) is 5.69 Å². The highest BCUT2D eigenvalue weighted by molar-refractivity contribution is 6.06. The van der Waals surface area contributed by atoms with Gasteiger partial charge in [0.05, 0.1) is 19.9 Å². The number of ether oxygens (including phenoxy) is 2. The zero-order chi connectivity index (χ0) is 25.6. The van der Waals surface area contributed by atoms with Crippen molar-refractivity contribution in [1.82, 2.24) is 14.7 Å². The van der Waals surface area contributed by atoms with Crippen molar-refractivity contribution in [3.63, 3.8) is 0 Å². The number of nitrogens with zero attached hydrogens (tertiary/aromatic N) is 4. The summed E-state index contributed by atoms with van der Waals surface area (Å²) in [6.07, 6.45) is 12.7. The van der Waals surface area contributed by atoms with E-state index in [2.05, 4.69) is 10.00 Å². The first-order valence-electron chi connectivity index (χ1n) is 13.5. The number of hydrogen-bond acceptors (Lipinski definition) is 5. The van der Waals surface area contributed by atoms with Crippen LogP contribution in [0.25, 0.3) is 5.69 Å². The van der Waals surface area contributed by atoms with Gasteiger partial charge in [-0.1, -0.05) is 25.3 Å². The van der Waals surface area contributed by atoms with Crippen molar-refractivity contribution in [1.29, 1.82) is 0 Å². The molecule has 7 nitrogen and oxygen atoms in total. The lowest BCUT2D eigenvalue weighted by atomic mass is 9.89. The first kappa shape index (κ1) is 25.3. The van der Waals surface area contributed by atoms with E-state index >= 15 is 0 Å². The molecule has 1 aromatic heterocycles. The van der Waals surface area contributed by atoms with Gasteiger partial charge in [-0.15, -0.1) is 0 Å². The zero-order valence-corrected chi connectivity index (χ0v) is 22.0. The third-order valence-corrected chi connectivity index (χ3v) is 7.90. The fourth-order valence-electron chi connectivity index (χ4n) is 5.91. The van der Waals surface area contributed by atoms with Crippen LogP contribution in [0.2, 0.25) is 0 Å². The molecule has 0 radical (unpaired) electrons. The minimum absolute atomic E-state index is 0.0388. The number of carbonyl (C=O) groups excluding carboxylic acids is 1. The Balaban J connectivity index is 1.44. The second-order valence-corrected chi connectivity index (χ2v) is 10.3.